The van der Waals surface area contributed by atoms with Crippen molar-refractivity contribution in [1.29, 1.82) is 0 Å². The highest BCUT2D eigenvalue weighted by atomic mass is 35.5. The van der Waals surface area contributed by atoms with E-state index in [2.05, 4.69) is 10.6 Å². The SMILES string of the molecule is COc1ccc(Cl)c(NC(=O)NC(C)C(=O)O)c1. The van der Waals surface area contributed by atoms with Crippen LogP contribution in [0.5, 0.6) is 5.75 Å². The van der Waals surface area contributed by atoms with Gasteiger partial charge in [0.25, 0.3) is 0 Å². The molecular formula is C11H13ClN2O4. The van der Waals surface area contributed by atoms with Gasteiger partial charge in [0.2, 0.25) is 0 Å². The number of rotatable bonds is 4. The number of benzene rings is 1. The zero-order chi connectivity index (χ0) is 13.7. The van der Waals surface area contributed by atoms with Gasteiger partial charge in [-0.1, -0.05) is 11.6 Å². The van der Waals surface area contributed by atoms with Crippen molar-refractivity contribution in [2.24, 2.45) is 0 Å². The molecule has 18 heavy (non-hydrogen) atoms. The average molecular weight is 273 g/mol. The predicted octanol–water partition coefficient (Wildman–Crippen LogP) is 1.94. The molecule has 1 atom stereocenters. The summed E-state index contributed by atoms with van der Waals surface area (Å²) >= 11 is 5.88. The van der Waals surface area contributed by atoms with Crippen molar-refractivity contribution < 1.29 is 19.4 Å². The Bertz CT molecular complexity index is 464. The fraction of sp³-hybridized carbons (Fsp3) is 0.273. The molecule has 0 aliphatic carbocycles. The molecule has 1 unspecified atom stereocenters. The summed E-state index contributed by atoms with van der Waals surface area (Å²) in [6.07, 6.45) is 0. The number of anilines is 1. The van der Waals surface area contributed by atoms with Gasteiger partial charge < -0.3 is 20.5 Å². The van der Waals surface area contributed by atoms with Crippen molar-refractivity contribution in [3.05, 3.63) is 23.2 Å². The first-order valence-electron chi connectivity index (χ1n) is 5.08. The Balaban J connectivity index is 2.72. The maximum absolute atomic E-state index is 11.5. The molecule has 0 bridgehead atoms. The summed E-state index contributed by atoms with van der Waals surface area (Å²) in [5.74, 6) is -0.595. The second-order valence-corrected chi connectivity index (χ2v) is 3.91. The minimum atomic E-state index is -1.12. The molecule has 0 saturated heterocycles. The lowest BCUT2D eigenvalue weighted by molar-refractivity contribution is -0.138. The van der Waals surface area contributed by atoms with Crippen LogP contribution in [0, 0.1) is 0 Å². The predicted molar refractivity (Wildman–Crippen MR) is 67.3 cm³/mol. The fourth-order valence-corrected chi connectivity index (χ4v) is 1.31. The highest BCUT2D eigenvalue weighted by Crippen LogP contribution is 2.26. The van der Waals surface area contributed by atoms with Crippen LogP contribution in [-0.4, -0.2) is 30.3 Å². The molecule has 3 N–H and O–H groups in total. The van der Waals surface area contributed by atoms with E-state index in [1.54, 1.807) is 12.1 Å². The molecule has 1 aromatic carbocycles. The summed E-state index contributed by atoms with van der Waals surface area (Å²) in [6, 6.07) is 3.10. The van der Waals surface area contributed by atoms with E-state index < -0.39 is 18.0 Å². The molecule has 0 aliphatic heterocycles. The number of amides is 2. The summed E-state index contributed by atoms with van der Waals surface area (Å²) in [7, 11) is 1.49. The number of carboxylic acid groups (broad SMARTS) is 1. The van der Waals surface area contributed by atoms with E-state index in [0.29, 0.717) is 16.5 Å². The van der Waals surface area contributed by atoms with Crippen LogP contribution in [0.2, 0.25) is 5.02 Å². The van der Waals surface area contributed by atoms with E-state index in [9.17, 15) is 9.59 Å². The lowest BCUT2D eigenvalue weighted by Gasteiger charge is -2.12. The van der Waals surface area contributed by atoms with Gasteiger partial charge in [-0.2, -0.15) is 0 Å². The first kappa shape index (κ1) is 14.1. The summed E-state index contributed by atoms with van der Waals surface area (Å²) in [4.78, 5) is 22.1. The number of methoxy groups -OCH3 is 1. The lowest BCUT2D eigenvalue weighted by atomic mass is 10.3. The van der Waals surface area contributed by atoms with Crippen LogP contribution in [-0.2, 0) is 4.79 Å². The molecule has 98 valence electrons. The van der Waals surface area contributed by atoms with Crippen LogP contribution in [0.15, 0.2) is 18.2 Å². The summed E-state index contributed by atoms with van der Waals surface area (Å²) in [6.45, 7) is 1.36. The minimum Gasteiger partial charge on any atom is -0.497 e. The molecule has 0 aromatic heterocycles. The van der Waals surface area contributed by atoms with Crippen molar-refractivity contribution in [3.8, 4) is 5.75 Å². The van der Waals surface area contributed by atoms with Crippen molar-refractivity contribution >= 4 is 29.3 Å². The molecule has 0 spiro atoms. The molecule has 1 aromatic rings. The third-order valence-electron chi connectivity index (χ3n) is 2.14. The molecule has 0 radical (unpaired) electrons. The Hall–Kier alpha value is -1.95. The van der Waals surface area contributed by atoms with Gasteiger partial charge in [0, 0.05) is 6.07 Å². The van der Waals surface area contributed by atoms with Gasteiger partial charge >= 0.3 is 12.0 Å². The molecule has 1 rings (SSSR count). The van der Waals surface area contributed by atoms with Crippen molar-refractivity contribution in [2.45, 2.75) is 13.0 Å². The van der Waals surface area contributed by atoms with Crippen molar-refractivity contribution in [1.82, 2.24) is 5.32 Å². The Morgan fingerprint density at radius 3 is 2.67 bits per heavy atom. The summed E-state index contributed by atoms with van der Waals surface area (Å²) < 4.78 is 4.99. The number of ether oxygens (including phenoxy) is 1. The minimum absolute atomic E-state index is 0.328. The third kappa shape index (κ3) is 3.81. The summed E-state index contributed by atoms with van der Waals surface area (Å²) in [5.41, 5.74) is 0.339. The normalized spacial score (nSPS) is 11.5. The number of carboxylic acids is 1. The van der Waals surface area contributed by atoms with Crippen molar-refractivity contribution in [3.63, 3.8) is 0 Å². The monoisotopic (exact) mass is 272 g/mol. The highest BCUT2D eigenvalue weighted by Gasteiger charge is 2.14. The van der Waals surface area contributed by atoms with Gasteiger partial charge in [-0.25, -0.2) is 4.79 Å². The van der Waals surface area contributed by atoms with E-state index in [1.807, 2.05) is 0 Å². The van der Waals surface area contributed by atoms with Gasteiger partial charge in [-0.15, -0.1) is 0 Å². The van der Waals surface area contributed by atoms with E-state index in [-0.39, 0.29) is 0 Å². The Morgan fingerprint density at radius 1 is 1.44 bits per heavy atom. The van der Waals surface area contributed by atoms with E-state index in [0.717, 1.165) is 0 Å². The molecule has 0 heterocycles. The van der Waals surface area contributed by atoms with Gasteiger partial charge in [0.05, 0.1) is 17.8 Å². The molecule has 2 amide bonds. The van der Waals surface area contributed by atoms with E-state index >= 15 is 0 Å². The van der Waals surface area contributed by atoms with E-state index in [1.165, 1.54) is 20.1 Å². The number of carbonyl (C=O) groups excluding carboxylic acids is 1. The molecule has 6 nitrogen and oxygen atoms in total. The lowest BCUT2D eigenvalue weighted by Crippen LogP contribution is -2.40. The Labute approximate surface area is 109 Å². The van der Waals surface area contributed by atoms with Crippen LogP contribution >= 0.6 is 11.6 Å². The molecule has 0 aliphatic rings. The maximum atomic E-state index is 11.5. The van der Waals surface area contributed by atoms with Crippen LogP contribution in [0.25, 0.3) is 0 Å². The topological polar surface area (TPSA) is 87.7 Å². The quantitative estimate of drug-likeness (QED) is 0.782. The molecule has 0 saturated carbocycles. The number of nitrogens with one attached hydrogen (secondary N) is 2. The zero-order valence-electron chi connectivity index (χ0n) is 9.86. The molecular weight excluding hydrogens is 260 g/mol. The first-order valence-corrected chi connectivity index (χ1v) is 5.45. The smallest absolute Gasteiger partial charge is 0.325 e. The Morgan fingerprint density at radius 2 is 2.11 bits per heavy atom. The number of carbonyl (C=O) groups is 2. The standard InChI is InChI=1S/C11H13ClN2O4/c1-6(10(15)16)13-11(17)14-9-5-7(18-2)3-4-8(9)12/h3-6H,1-2H3,(H,15,16)(H2,13,14,17). The molecule has 7 heteroatoms. The third-order valence-corrected chi connectivity index (χ3v) is 2.47. The number of hydrogen-bond donors (Lipinski definition) is 3. The highest BCUT2D eigenvalue weighted by molar-refractivity contribution is 6.33. The summed E-state index contributed by atoms with van der Waals surface area (Å²) in [5, 5.41) is 13.7. The van der Waals surface area contributed by atoms with Crippen LogP contribution < -0.4 is 15.4 Å². The fourth-order valence-electron chi connectivity index (χ4n) is 1.14. The first-order chi connectivity index (χ1) is 8.43. The Kier molecular flexibility index (Phi) is 4.79. The average Bonchev–Trinajstić information content (AvgIpc) is 2.31. The largest absolute Gasteiger partial charge is 0.497 e. The molecule has 0 fully saturated rings. The number of hydrogen-bond acceptors (Lipinski definition) is 3. The van der Waals surface area contributed by atoms with Crippen LogP contribution in [0.1, 0.15) is 6.92 Å². The number of urea groups is 1. The van der Waals surface area contributed by atoms with Gasteiger partial charge in [0.1, 0.15) is 11.8 Å². The number of aliphatic carboxylic acids is 1. The van der Waals surface area contributed by atoms with Crippen LogP contribution in [0.4, 0.5) is 10.5 Å². The zero-order valence-corrected chi connectivity index (χ0v) is 10.6. The second kappa shape index (κ2) is 6.11. The number of halogens is 1. The van der Waals surface area contributed by atoms with Gasteiger partial charge in [-0.05, 0) is 19.1 Å². The maximum Gasteiger partial charge on any atom is 0.325 e. The second-order valence-electron chi connectivity index (χ2n) is 3.50. The van der Waals surface area contributed by atoms with E-state index in [4.69, 9.17) is 21.4 Å². The van der Waals surface area contributed by atoms with Crippen molar-refractivity contribution in [2.75, 3.05) is 12.4 Å². The van der Waals surface area contributed by atoms with Gasteiger partial charge in [0.15, 0.2) is 0 Å². The van der Waals surface area contributed by atoms with Crippen LogP contribution in [0.3, 0.4) is 0 Å². The van der Waals surface area contributed by atoms with Gasteiger partial charge in [-0.3, -0.25) is 4.79 Å².